The number of fused-ring (bicyclic) bond motifs is 2. The van der Waals surface area contributed by atoms with Crippen LogP contribution in [0.5, 0.6) is 0 Å². The number of benzene rings is 1. The topological polar surface area (TPSA) is 73.0 Å². The zero-order valence-corrected chi connectivity index (χ0v) is 14.0. The van der Waals surface area contributed by atoms with E-state index in [-0.39, 0.29) is 17.7 Å². The van der Waals surface area contributed by atoms with E-state index in [9.17, 15) is 4.79 Å². The van der Waals surface area contributed by atoms with Gasteiger partial charge in [0.15, 0.2) is 11.6 Å². The fourth-order valence-corrected chi connectivity index (χ4v) is 3.22. The van der Waals surface area contributed by atoms with Gasteiger partial charge in [-0.2, -0.15) is 5.10 Å². The van der Waals surface area contributed by atoms with Crippen molar-refractivity contribution in [3.05, 3.63) is 46.7 Å². The molecule has 6 nitrogen and oxygen atoms in total. The van der Waals surface area contributed by atoms with Gasteiger partial charge in [0.2, 0.25) is 0 Å². The number of nitrogens with one attached hydrogen (secondary N) is 1. The van der Waals surface area contributed by atoms with Gasteiger partial charge in [0.25, 0.3) is 5.91 Å². The molecule has 0 aliphatic carbocycles. The molecule has 1 N–H and O–H groups in total. The lowest BCUT2D eigenvalue weighted by Crippen LogP contribution is -2.33. The van der Waals surface area contributed by atoms with Gasteiger partial charge in [-0.1, -0.05) is 18.5 Å². The molecule has 124 valence electrons. The van der Waals surface area contributed by atoms with Crippen molar-refractivity contribution in [1.29, 1.82) is 0 Å². The number of rotatable bonds is 3. The predicted molar refractivity (Wildman–Crippen MR) is 90.1 cm³/mol. The number of aryl methyl sites for hydroxylation is 2. The van der Waals surface area contributed by atoms with Crippen LogP contribution in [0.3, 0.4) is 0 Å². The molecule has 1 aliphatic heterocycles. The number of amides is 1. The van der Waals surface area contributed by atoms with Crippen LogP contribution in [0.4, 0.5) is 0 Å². The van der Waals surface area contributed by atoms with E-state index in [1.54, 1.807) is 24.3 Å². The molecule has 1 aliphatic rings. The molecule has 1 aromatic carbocycles. The lowest BCUT2D eigenvalue weighted by atomic mass is 10.1. The van der Waals surface area contributed by atoms with Crippen LogP contribution < -0.4 is 5.32 Å². The highest BCUT2D eigenvalue weighted by Gasteiger charge is 2.26. The van der Waals surface area contributed by atoms with Gasteiger partial charge in [0, 0.05) is 23.4 Å². The molecule has 0 fully saturated rings. The fraction of sp³-hybridized carbons (Fsp3) is 0.353. The third-order valence-corrected chi connectivity index (χ3v) is 4.48. The van der Waals surface area contributed by atoms with Gasteiger partial charge in [-0.3, -0.25) is 4.79 Å². The van der Waals surface area contributed by atoms with E-state index in [1.807, 2.05) is 11.6 Å². The molecular weight excluding hydrogens is 328 g/mol. The van der Waals surface area contributed by atoms with E-state index >= 15 is 0 Å². The van der Waals surface area contributed by atoms with Gasteiger partial charge >= 0.3 is 0 Å². The van der Waals surface area contributed by atoms with Crippen molar-refractivity contribution in [3.63, 3.8) is 0 Å². The van der Waals surface area contributed by atoms with Crippen LogP contribution in [0, 0.1) is 0 Å². The van der Waals surface area contributed by atoms with Crippen molar-refractivity contribution in [2.24, 2.45) is 0 Å². The third-order valence-electron chi connectivity index (χ3n) is 4.24. The summed E-state index contributed by atoms with van der Waals surface area (Å²) in [4.78, 5) is 17.1. The second-order valence-electron chi connectivity index (χ2n) is 5.92. The van der Waals surface area contributed by atoms with Crippen molar-refractivity contribution in [2.45, 2.75) is 38.8 Å². The van der Waals surface area contributed by atoms with E-state index in [2.05, 4.69) is 15.4 Å². The summed E-state index contributed by atoms with van der Waals surface area (Å²) in [5.41, 5.74) is 0.643. The molecule has 0 saturated heterocycles. The van der Waals surface area contributed by atoms with Gasteiger partial charge in [0.1, 0.15) is 11.4 Å². The highest BCUT2D eigenvalue weighted by Crippen LogP contribution is 2.26. The standard InChI is InChI=1S/C17H17ClN4O2/c1-2-15-20-16-12(4-3-7-22(16)21-15)19-17(23)14-9-10-8-11(18)5-6-13(10)24-14/h5-6,8-9,12H,2-4,7H2,1H3,(H,19,23)/t12-/m1/s1. The summed E-state index contributed by atoms with van der Waals surface area (Å²) in [6, 6.07) is 6.85. The predicted octanol–water partition coefficient (Wildman–Crippen LogP) is 3.51. The first kappa shape index (κ1) is 15.2. The van der Waals surface area contributed by atoms with Crippen LogP contribution >= 0.6 is 11.6 Å². The van der Waals surface area contributed by atoms with E-state index in [0.717, 1.165) is 42.8 Å². The first-order valence-corrected chi connectivity index (χ1v) is 8.45. The monoisotopic (exact) mass is 344 g/mol. The number of halogens is 1. The summed E-state index contributed by atoms with van der Waals surface area (Å²) in [7, 11) is 0. The minimum atomic E-state index is -0.248. The Labute approximate surface area is 143 Å². The Morgan fingerprint density at radius 2 is 2.33 bits per heavy atom. The summed E-state index contributed by atoms with van der Waals surface area (Å²) in [5.74, 6) is 1.66. The average Bonchev–Trinajstić information content (AvgIpc) is 3.18. The van der Waals surface area contributed by atoms with Crippen LogP contribution in [-0.4, -0.2) is 20.7 Å². The maximum Gasteiger partial charge on any atom is 0.287 e. The van der Waals surface area contributed by atoms with E-state index in [1.165, 1.54) is 0 Å². The van der Waals surface area contributed by atoms with Crippen LogP contribution in [0.2, 0.25) is 5.02 Å². The molecule has 0 bridgehead atoms. The maximum absolute atomic E-state index is 12.6. The van der Waals surface area contributed by atoms with Crippen LogP contribution in [0.15, 0.2) is 28.7 Å². The Bertz CT molecular complexity index is 915. The number of carbonyl (C=O) groups is 1. The Kier molecular flexibility index (Phi) is 3.76. The van der Waals surface area contributed by atoms with Crippen LogP contribution in [0.25, 0.3) is 11.0 Å². The molecule has 7 heteroatoms. The molecule has 0 spiro atoms. The smallest absolute Gasteiger partial charge is 0.287 e. The Morgan fingerprint density at radius 3 is 3.17 bits per heavy atom. The van der Waals surface area contributed by atoms with E-state index in [4.69, 9.17) is 16.0 Å². The molecule has 1 atom stereocenters. The molecule has 1 amide bonds. The largest absolute Gasteiger partial charge is 0.451 e. The summed E-state index contributed by atoms with van der Waals surface area (Å²) in [5, 5.41) is 8.90. The fourth-order valence-electron chi connectivity index (χ4n) is 3.04. The van der Waals surface area contributed by atoms with Crippen molar-refractivity contribution in [1.82, 2.24) is 20.1 Å². The minimum Gasteiger partial charge on any atom is -0.451 e. The first-order valence-electron chi connectivity index (χ1n) is 8.07. The molecule has 3 heterocycles. The molecule has 2 aromatic heterocycles. The highest BCUT2D eigenvalue weighted by atomic mass is 35.5. The number of hydrogen-bond acceptors (Lipinski definition) is 4. The summed E-state index contributed by atoms with van der Waals surface area (Å²) in [6.07, 6.45) is 2.59. The minimum absolute atomic E-state index is 0.143. The average molecular weight is 345 g/mol. The highest BCUT2D eigenvalue weighted by molar-refractivity contribution is 6.31. The van der Waals surface area contributed by atoms with Gasteiger partial charge in [0.05, 0.1) is 6.04 Å². The third kappa shape index (κ3) is 2.67. The first-order chi connectivity index (χ1) is 11.6. The maximum atomic E-state index is 12.6. The zero-order valence-electron chi connectivity index (χ0n) is 13.3. The summed E-state index contributed by atoms with van der Waals surface area (Å²) in [6.45, 7) is 2.87. The normalized spacial score (nSPS) is 17.0. The van der Waals surface area contributed by atoms with E-state index < -0.39 is 0 Å². The van der Waals surface area contributed by atoms with Crippen LogP contribution in [0.1, 0.15) is 48.0 Å². The Morgan fingerprint density at radius 1 is 1.46 bits per heavy atom. The van der Waals surface area contributed by atoms with Gasteiger partial charge in [-0.15, -0.1) is 0 Å². The lowest BCUT2D eigenvalue weighted by Gasteiger charge is -2.22. The molecule has 3 aromatic rings. The molecule has 0 radical (unpaired) electrons. The van der Waals surface area contributed by atoms with Crippen molar-refractivity contribution < 1.29 is 9.21 Å². The SMILES string of the molecule is CCc1nc2n(n1)CCC[C@H]2NC(=O)c1cc2cc(Cl)ccc2o1. The van der Waals surface area contributed by atoms with Crippen molar-refractivity contribution in [3.8, 4) is 0 Å². The molecule has 24 heavy (non-hydrogen) atoms. The second kappa shape index (κ2) is 5.94. The van der Waals surface area contributed by atoms with Crippen molar-refractivity contribution >= 4 is 28.5 Å². The summed E-state index contributed by atoms with van der Waals surface area (Å²) < 4.78 is 7.52. The number of aromatic nitrogens is 3. The lowest BCUT2D eigenvalue weighted by molar-refractivity contribution is 0.0901. The van der Waals surface area contributed by atoms with Crippen LogP contribution in [-0.2, 0) is 13.0 Å². The summed E-state index contributed by atoms with van der Waals surface area (Å²) >= 11 is 5.98. The van der Waals surface area contributed by atoms with Gasteiger partial charge in [-0.25, -0.2) is 9.67 Å². The number of carbonyl (C=O) groups excluding carboxylic acids is 1. The Hall–Kier alpha value is -2.34. The van der Waals surface area contributed by atoms with Gasteiger partial charge < -0.3 is 9.73 Å². The quantitative estimate of drug-likeness (QED) is 0.789. The zero-order chi connectivity index (χ0) is 16.7. The number of hydrogen-bond donors (Lipinski definition) is 1. The van der Waals surface area contributed by atoms with E-state index in [0.29, 0.717) is 10.6 Å². The molecule has 0 saturated carbocycles. The second-order valence-corrected chi connectivity index (χ2v) is 6.36. The number of nitrogens with zero attached hydrogens (tertiary/aromatic N) is 3. The number of furan rings is 1. The van der Waals surface area contributed by atoms with Crippen molar-refractivity contribution in [2.75, 3.05) is 0 Å². The van der Waals surface area contributed by atoms with Gasteiger partial charge in [-0.05, 0) is 37.1 Å². The molecule has 4 rings (SSSR count). The Balaban J connectivity index is 1.58. The molecule has 0 unspecified atom stereocenters. The molecular formula is C17H17ClN4O2.